The number of anilines is 2. The van der Waals surface area contributed by atoms with Crippen molar-refractivity contribution >= 4 is 52.5 Å². The average Bonchev–Trinajstić information content (AvgIpc) is 3.88. The highest BCUT2D eigenvalue weighted by Gasteiger charge is 2.62. The first-order chi connectivity index (χ1) is 33.2. The molecule has 4 aromatic rings. The van der Waals surface area contributed by atoms with E-state index in [4.69, 9.17) is 21.1 Å². The number of fused-ring (bicyclic) bond motifs is 3. The third-order valence-corrected chi connectivity index (χ3v) is 14.1. The van der Waals surface area contributed by atoms with E-state index in [0.29, 0.717) is 36.1 Å². The normalized spacial score (nSPS) is 24.3. The summed E-state index contributed by atoms with van der Waals surface area (Å²) in [5.74, 6) is 2.69. The Morgan fingerprint density at radius 2 is 1.84 bits per heavy atom. The number of halogens is 5. The summed E-state index contributed by atoms with van der Waals surface area (Å²) in [7, 11) is 1.39. The summed E-state index contributed by atoms with van der Waals surface area (Å²) < 4.78 is 69.7. The van der Waals surface area contributed by atoms with E-state index in [9.17, 15) is 37.1 Å². The van der Waals surface area contributed by atoms with E-state index in [0.717, 1.165) is 11.6 Å². The van der Waals surface area contributed by atoms with Gasteiger partial charge in [0.05, 0.1) is 30.5 Å². The number of imide groups is 1. The Bertz CT molecular complexity index is 2880. The van der Waals surface area contributed by atoms with E-state index >= 15 is 4.39 Å². The number of amides is 5. The van der Waals surface area contributed by atoms with E-state index in [1.807, 2.05) is 26.8 Å². The minimum absolute atomic E-state index is 0.0703. The summed E-state index contributed by atoms with van der Waals surface area (Å²) in [6.45, 7) is 7.09. The Morgan fingerprint density at radius 3 is 2.59 bits per heavy atom. The van der Waals surface area contributed by atoms with Crippen LogP contribution in [0.25, 0.3) is 0 Å². The van der Waals surface area contributed by atoms with Crippen molar-refractivity contribution in [2.45, 2.75) is 94.7 Å². The number of piperidine rings is 1. The van der Waals surface area contributed by atoms with Crippen LogP contribution in [-0.2, 0) is 37.3 Å². The van der Waals surface area contributed by atoms with Gasteiger partial charge in [-0.25, -0.2) is 4.39 Å². The van der Waals surface area contributed by atoms with Gasteiger partial charge in [0.15, 0.2) is 0 Å². The highest BCUT2D eigenvalue weighted by atomic mass is 35.5. The summed E-state index contributed by atoms with van der Waals surface area (Å²) in [6, 6.07) is 12.9. The third-order valence-electron chi connectivity index (χ3n) is 13.8. The number of hydrogen-bond donors (Lipinski definition) is 4. The number of methoxy groups -OCH3 is 1. The van der Waals surface area contributed by atoms with E-state index < -0.39 is 65.1 Å². The molecule has 3 saturated heterocycles. The van der Waals surface area contributed by atoms with Gasteiger partial charge in [-0.1, -0.05) is 56.3 Å². The molecule has 3 aromatic carbocycles. The van der Waals surface area contributed by atoms with Gasteiger partial charge in [-0.15, -0.1) is 0 Å². The highest BCUT2D eigenvalue weighted by molar-refractivity contribution is 6.30. The first-order valence-electron chi connectivity index (χ1n) is 23.0. The molecular formula is C51H50ClF4N7O7. The quantitative estimate of drug-likeness (QED) is 0.0877. The smallest absolute Gasteiger partial charge is 0.433 e. The zero-order chi connectivity index (χ0) is 49.9. The summed E-state index contributed by atoms with van der Waals surface area (Å²) in [6.07, 6.45) is -2.77. The number of carbonyl (C=O) groups is 5. The highest BCUT2D eigenvalue weighted by Crippen LogP contribution is 2.57. The molecule has 1 unspecified atom stereocenters. The Kier molecular flexibility index (Phi) is 12.9. The lowest BCUT2D eigenvalue weighted by atomic mass is 9.63. The Balaban J connectivity index is 0.911. The fraction of sp³-hybridized carbons (Fsp3) is 0.412. The zero-order valence-electron chi connectivity index (χ0n) is 38.7. The van der Waals surface area contributed by atoms with Gasteiger partial charge in [0, 0.05) is 90.5 Å². The Labute approximate surface area is 406 Å². The van der Waals surface area contributed by atoms with Crippen molar-refractivity contribution in [3.63, 3.8) is 0 Å². The number of nitrogens with zero attached hydrogens (tertiary/aromatic N) is 3. The molecule has 366 valence electrons. The van der Waals surface area contributed by atoms with Crippen LogP contribution in [-0.4, -0.2) is 102 Å². The molecule has 5 amide bonds. The van der Waals surface area contributed by atoms with Crippen molar-refractivity contribution in [1.29, 1.82) is 0 Å². The number of pyridine rings is 1. The molecule has 5 aliphatic rings. The standard InChI is InChI=1S/C51H50ClF4N7O7/c1-49(2,3)23-40-50(26-58-36-22-39(51(54,55)56)57-24-33(36)50)42(32-6-5-7-34(52)43(32)53)44(60-40)46(66)59-35-13-10-28(21-38(35)69-4)47(67)62-17-16-30(70-19-18-62)11-8-27-9-12-31-29(20-27)25-63(48(31)68)37-14-15-41(64)61-45(37)65/h5-7,9-10,12-13,20-22,24,30,37,40,42,44,58,60H,14-19,23,25-26H2,1-4H3,(H,59,66)(H,61,64,65)/t30-,37?,40+,42+,44-,50+/m1/s1. The molecule has 5 aliphatic heterocycles. The van der Waals surface area contributed by atoms with Gasteiger partial charge in [-0.2, -0.15) is 13.2 Å². The van der Waals surface area contributed by atoms with E-state index in [1.54, 1.807) is 35.2 Å². The second kappa shape index (κ2) is 18.6. The Morgan fingerprint density at radius 1 is 1.04 bits per heavy atom. The zero-order valence-corrected chi connectivity index (χ0v) is 39.4. The second-order valence-electron chi connectivity index (χ2n) is 19.5. The van der Waals surface area contributed by atoms with Crippen molar-refractivity contribution < 1.29 is 51.0 Å². The van der Waals surface area contributed by atoms with Crippen LogP contribution >= 0.6 is 11.6 Å². The van der Waals surface area contributed by atoms with Gasteiger partial charge in [0.25, 0.3) is 11.8 Å². The van der Waals surface area contributed by atoms with Gasteiger partial charge in [-0.3, -0.25) is 34.3 Å². The molecule has 14 nitrogen and oxygen atoms in total. The summed E-state index contributed by atoms with van der Waals surface area (Å²) in [5, 5.41) is 11.7. The molecule has 0 radical (unpaired) electrons. The lowest BCUT2D eigenvalue weighted by Gasteiger charge is -2.39. The molecule has 0 aliphatic carbocycles. The van der Waals surface area contributed by atoms with Crippen molar-refractivity contribution in [2.75, 3.05) is 44.0 Å². The summed E-state index contributed by atoms with van der Waals surface area (Å²) in [5.41, 5.74) is 0.466. The number of ether oxygens (including phenoxy) is 2. The molecule has 9 rings (SSSR count). The minimum Gasteiger partial charge on any atom is -0.495 e. The molecule has 0 bridgehead atoms. The molecule has 4 N–H and O–H groups in total. The van der Waals surface area contributed by atoms with Gasteiger partial charge in [0.1, 0.15) is 29.4 Å². The van der Waals surface area contributed by atoms with Crippen molar-refractivity contribution in [3.05, 3.63) is 117 Å². The van der Waals surface area contributed by atoms with Gasteiger partial charge in [-0.05, 0) is 77.9 Å². The van der Waals surface area contributed by atoms with Crippen LogP contribution < -0.4 is 26.0 Å². The molecule has 3 fully saturated rings. The predicted octanol–water partition coefficient (Wildman–Crippen LogP) is 6.81. The van der Waals surface area contributed by atoms with Crippen LogP contribution in [0.1, 0.15) is 101 Å². The van der Waals surface area contributed by atoms with Crippen LogP contribution in [0.15, 0.2) is 66.9 Å². The number of benzene rings is 3. The van der Waals surface area contributed by atoms with E-state index in [-0.39, 0.29) is 95.5 Å². The van der Waals surface area contributed by atoms with E-state index in [1.165, 1.54) is 36.4 Å². The van der Waals surface area contributed by atoms with Gasteiger partial charge < -0.3 is 35.2 Å². The maximum absolute atomic E-state index is 16.3. The topological polar surface area (TPSA) is 171 Å². The number of alkyl halides is 3. The molecule has 1 aromatic heterocycles. The molecule has 19 heteroatoms. The number of aromatic nitrogens is 1. The SMILES string of the molecule is COc1cc(C(=O)N2CCO[C@H](C#Cc3ccc4c(c3)CN(C3CCC(=O)NC3=O)C4=O)CC2)ccc1NC(=O)[C@@H]1N[C@@H](CC(C)(C)C)[C@@]2(CNc3cc(C(F)(F)F)ncc32)[C@H]1c1cccc(Cl)c1F. The fourth-order valence-corrected chi connectivity index (χ4v) is 10.7. The molecule has 1 spiro atoms. The third kappa shape index (κ3) is 9.17. The van der Waals surface area contributed by atoms with Crippen LogP contribution in [0.3, 0.4) is 0 Å². The number of hydrogen-bond acceptors (Lipinski definition) is 10. The molecular weight excluding hydrogens is 934 g/mol. The number of carbonyl (C=O) groups excluding carboxylic acids is 5. The molecule has 6 heterocycles. The van der Waals surface area contributed by atoms with Crippen LogP contribution in [0.5, 0.6) is 5.75 Å². The molecule has 0 saturated carbocycles. The van der Waals surface area contributed by atoms with Gasteiger partial charge >= 0.3 is 6.18 Å². The van der Waals surface area contributed by atoms with Crippen LogP contribution in [0, 0.1) is 23.1 Å². The lowest BCUT2D eigenvalue weighted by Crippen LogP contribution is -2.52. The van der Waals surface area contributed by atoms with Crippen molar-refractivity contribution in [2.24, 2.45) is 5.41 Å². The number of nitrogens with one attached hydrogen (secondary N) is 4. The van der Waals surface area contributed by atoms with E-state index in [2.05, 4.69) is 38.1 Å². The predicted molar refractivity (Wildman–Crippen MR) is 250 cm³/mol. The molecule has 70 heavy (non-hydrogen) atoms. The summed E-state index contributed by atoms with van der Waals surface area (Å²) in [4.78, 5) is 72.9. The van der Waals surface area contributed by atoms with Crippen molar-refractivity contribution in [1.82, 2.24) is 25.4 Å². The minimum atomic E-state index is -4.71. The summed E-state index contributed by atoms with van der Waals surface area (Å²) >= 11 is 6.36. The largest absolute Gasteiger partial charge is 0.495 e. The second-order valence-corrected chi connectivity index (χ2v) is 19.9. The number of rotatable bonds is 7. The van der Waals surface area contributed by atoms with Crippen LogP contribution in [0.4, 0.5) is 28.9 Å². The fourth-order valence-electron chi connectivity index (χ4n) is 10.6. The average molecular weight is 984 g/mol. The van der Waals surface area contributed by atoms with Crippen LogP contribution in [0.2, 0.25) is 5.02 Å². The maximum Gasteiger partial charge on any atom is 0.433 e. The first kappa shape index (κ1) is 48.5. The Hall–Kier alpha value is -6.55. The monoisotopic (exact) mass is 983 g/mol. The first-order valence-corrected chi connectivity index (χ1v) is 23.3. The lowest BCUT2D eigenvalue weighted by molar-refractivity contribution is -0.141. The maximum atomic E-state index is 16.3. The van der Waals surface area contributed by atoms with Gasteiger partial charge in [0.2, 0.25) is 17.7 Å². The molecule has 6 atom stereocenters. The van der Waals surface area contributed by atoms with Crippen molar-refractivity contribution in [3.8, 4) is 17.6 Å².